The van der Waals surface area contributed by atoms with Crippen LogP contribution in [0.4, 0.5) is 11.5 Å². The van der Waals surface area contributed by atoms with Crippen LogP contribution in [-0.2, 0) is 38.6 Å². The Morgan fingerprint density at radius 1 is 0.484 bits per heavy atom. The van der Waals surface area contributed by atoms with Gasteiger partial charge in [0.1, 0.15) is 11.6 Å². The summed E-state index contributed by atoms with van der Waals surface area (Å²) in [5.74, 6) is 2.49. The molecule has 7 heterocycles. The fraction of sp³-hybridized carbons (Fsp3) is 0.171. The van der Waals surface area contributed by atoms with E-state index in [1.165, 1.54) is 11.1 Å². The van der Waals surface area contributed by atoms with Crippen molar-refractivity contribution in [1.82, 2.24) is 54.9 Å². The van der Waals surface area contributed by atoms with Gasteiger partial charge in [0.15, 0.2) is 17.4 Å². The number of nitrogens with one attached hydrogen (secondary N) is 1. The lowest BCUT2D eigenvalue weighted by Gasteiger charge is -2.32. The largest absolute Gasteiger partial charge is 0.338 e. The number of ketones is 2. The van der Waals surface area contributed by atoms with Gasteiger partial charge in [-0.15, -0.1) is 5.10 Å². The van der Waals surface area contributed by atoms with Gasteiger partial charge < -0.3 is 10.2 Å². The number of Topliss-reactive ketones (excluding diaryl/α,β-unsaturated/α-hetero) is 2. The second-order valence-electron chi connectivity index (χ2n) is 22.6. The normalized spacial score (nSPS) is 12.3. The van der Waals surface area contributed by atoms with Crippen molar-refractivity contribution in [3.63, 3.8) is 0 Å². The Labute approximate surface area is 536 Å². The Balaban J connectivity index is 0.000000143. The zero-order valence-electron chi connectivity index (χ0n) is 51.2. The highest BCUT2D eigenvalue weighted by molar-refractivity contribution is 6.30. The maximum Gasteiger partial charge on any atom is 0.167 e. The number of carbonyl (C=O) groups is 2. The van der Waals surface area contributed by atoms with Gasteiger partial charge in [0.2, 0.25) is 0 Å². The molecule has 15 heteroatoms. The average Bonchev–Trinajstić information content (AvgIpc) is 1.68. The van der Waals surface area contributed by atoms with E-state index in [-0.39, 0.29) is 11.6 Å². The van der Waals surface area contributed by atoms with Crippen LogP contribution in [0.1, 0.15) is 82.6 Å². The predicted molar refractivity (Wildman–Crippen MR) is 362 cm³/mol. The van der Waals surface area contributed by atoms with E-state index >= 15 is 0 Å². The van der Waals surface area contributed by atoms with E-state index < -0.39 is 0 Å². The molecule has 1 saturated heterocycles. The first-order valence-electron chi connectivity index (χ1n) is 30.4. The van der Waals surface area contributed by atoms with Crippen LogP contribution < -0.4 is 5.32 Å². The summed E-state index contributed by atoms with van der Waals surface area (Å²) >= 11 is 5.95. The van der Waals surface area contributed by atoms with Gasteiger partial charge in [-0.25, -0.2) is 19.9 Å². The summed E-state index contributed by atoms with van der Waals surface area (Å²) in [5.41, 5.74) is 16.0. The molecular formula is C76H69ClN12O2. The van der Waals surface area contributed by atoms with Gasteiger partial charge in [-0.1, -0.05) is 127 Å². The molecule has 0 atom stereocenters. The topological polar surface area (TPSA) is 169 Å². The van der Waals surface area contributed by atoms with Crippen LogP contribution in [-0.4, -0.2) is 99.7 Å². The monoisotopic (exact) mass is 1220 g/mol. The summed E-state index contributed by atoms with van der Waals surface area (Å²) in [6.07, 6.45) is 17.0. The molecule has 1 aliphatic rings. The van der Waals surface area contributed by atoms with Crippen molar-refractivity contribution in [3.05, 3.63) is 316 Å². The van der Waals surface area contributed by atoms with E-state index in [1.807, 2.05) is 146 Å². The van der Waals surface area contributed by atoms with Crippen LogP contribution in [0.2, 0.25) is 5.02 Å². The van der Waals surface area contributed by atoms with Crippen LogP contribution >= 0.6 is 11.6 Å². The van der Waals surface area contributed by atoms with E-state index in [0.717, 1.165) is 146 Å². The Morgan fingerprint density at radius 2 is 1.02 bits per heavy atom. The standard InChI is InChI=1S/C31H33N5O.C25H21N3O.C20H15ClN4/c1-23-5-6-25(18-28(23)20-31-33-13-11-29(34-31)27-4-3-12-32-21-27)19-30(37)26-9-7-24(8-10-26)22-36-16-14-35(2)15-17-36;1-18-9-10-19(15-24(29)20-6-3-2-4-7-20)14-22(18)16-25-27-13-11-23(28-25)21-8-5-12-26-17-21;21-15-5-7-16(8-6-15)23-20-18-4-2-1-3-17(18)19(24-25-20)13-14-9-11-22-12-10-14/h3-13,18,21H,14-17,19-20,22H2,1-2H3;2-14,17H,15-16H2,1H3;1-12H,13H2,(H,23,25). The van der Waals surface area contributed by atoms with Gasteiger partial charge in [0.25, 0.3) is 0 Å². The molecule has 0 unspecified atom stereocenters. The summed E-state index contributed by atoms with van der Waals surface area (Å²) < 4.78 is 0. The zero-order valence-corrected chi connectivity index (χ0v) is 52.0. The number of halogens is 1. The molecule has 1 aliphatic heterocycles. The molecule has 12 aromatic rings. The van der Waals surface area contributed by atoms with Crippen molar-refractivity contribution in [1.29, 1.82) is 0 Å². The van der Waals surface area contributed by atoms with Gasteiger partial charge in [-0.05, 0) is 138 Å². The molecule has 1 N–H and O–H groups in total. The number of rotatable bonds is 18. The molecule has 6 aromatic carbocycles. The summed E-state index contributed by atoms with van der Waals surface area (Å²) in [4.78, 5) is 61.2. The molecule has 0 saturated carbocycles. The predicted octanol–water partition coefficient (Wildman–Crippen LogP) is 14.5. The summed E-state index contributed by atoms with van der Waals surface area (Å²) in [5, 5.41) is 15.0. The van der Waals surface area contributed by atoms with Gasteiger partial charge in [0.05, 0.1) is 17.1 Å². The van der Waals surface area contributed by atoms with Crippen molar-refractivity contribution in [2.75, 3.05) is 38.5 Å². The van der Waals surface area contributed by atoms with Crippen LogP contribution in [0.3, 0.4) is 0 Å². The minimum absolute atomic E-state index is 0.121. The molecule has 0 bridgehead atoms. The molecule has 0 amide bonds. The van der Waals surface area contributed by atoms with Gasteiger partial charge in [0, 0.05) is 158 Å². The molecule has 0 radical (unpaired) electrons. The Hall–Kier alpha value is -10.4. The van der Waals surface area contributed by atoms with Crippen molar-refractivity contribution >= 4 is 45.4 Å². The van der Waals surface area contributed by atoms with Crippen LogP contribution in [0.15, 0.2) is 238 Å². The van der Waals surface area contributed by atoms with Gasteiger partial charge in [-0.3, -0.25) is 29.4 Å². The summed E-state index contributed by atoms with van der Waals surface area (Å²) in [7, 11) is 2.17. The zero-order chi connectivity index (χ0) is 62.7. The molecule has 1 fully saturated rings. The van der Waals surface area contributed by atoms with Gasteiger partial charge in [-0.2, -0.15) is 5.10 Å². The number of likely N-dealkylation sites (N-methyl/N-ethyl adjacent to an activating group) is 1. The van der Waals surface area contributed by atoms with Crippen molar-refractivity contribution in [2.24, 2.45) is 0 Å². The van der Waals surface area contributed by atoms with E-state index in [2.05, 4.69) is 120 Å². The van der Waals surface area contributed by atoms with Crippen molar-refractivity contribution in [2.45, 2.75) is 52.5 Å². The molecule has 91 heavy (non-hydrogen) atoms. The van der Waals surface area contributed by atoms with E-state index in [0.29, 0.717) is 30.7 Å². The number of piperazine rings is 1. The highest BCUT2D eigenvalue weighted by Gasteiger charge is 2.17. The molecule has 0 aliphatic carbocycles. The lowest BCUT2D eigenvalue weighted by Crippen LogP contribution is -2.43. The summed E-state index contributed by atoms with van der Waals surface area (Å²) in [6, 6.07) is 61.2. The quantitative estimate of drug-likeness (QED) is 0.0805. The number of pyridine rings is 3. The first-order chi connectivity index (χ1) is 44.5. The second kappa shape index (κ2) is 30.7. The summed E-state index contributed by atoms with van der Waals surface area (Å²) in [6.45, 7) is 9.49. The number of aryl methyl sites for hydroxylation is 2. The maximum atomic E-state index is 13.1. The number of carbonyl (C=O) groups excluding carboxylic acids is 2. The van der Waals surface area contributed by atoms with Crippen molar-refractivity contribution < 1.29 is 9.59 Å². The smallest absolute Gasteiger partial charge is 0.167 e. The van der Waals surface area contributed by atoms with Crippen molar-refractivity contribution in [3.8, 4) is 22.5 Å². The average molecular weight is 1220 g/mol. The lowest BCUT2D eigenvalue weighted by molar-refractivity contribution is 0.0984. The number of nitrogens with zero attached hydrogens (tertiary/aromatic N) is 11. The lowest BCUT2D eigenvalue weighted by atomic mass is 9.97. The molecule has 6 aromatic heterocycles. The van der Waals surface area contributed by atoms with Crippen LogP contribution in [0.25, 0.3) is 33.3 Å². The Morgan fingerprint density at radius 3 is 1.58 bits per heavy atom. The maximum absolute atomic E-state index is 13.1. The Kier molecular flexibility index (Phi) is 21.0. The third kappa shape index (κ3) is 17.5. The number of hydrogen-bond acceptors (Lipinski definition) is 14. The van der Waals surface area contributed by atoms with Gasteiger partial charge >= 0.3 is 0 Å². The Bertz CT molecular complexity index is 4370. The minimum atomic E-state index is 0.121. The first kappa shape index (κ1) is 62.2. The third-order valence-corrected chi connectivity index (χ3v) is 16.2. The third-order valence-electron chi connectivity index (χ3n) is 15.9. The van der Waals surface area contributed by atoms with E-state index in [1.54, 1.807) is 43.4 Å². The van der Waals surface area contributed by atoms with Crippen LogP contribution in [0, 0.1) is 13.8 Å². The number of fused-ring (bicyclic) bond motifs is 1. The highest BCUT2D eigenvalue weighted by Crippen LogP contribution is 2.28. The minimum Gasteiger partial charge on any atom is -0.338 e. The SMILES string of the molecule is Cc1ccc(CC(=O)c2ccc(CN3CCN(C)CC3)cc2)cc1Cc1nccc(-c2cccnc2)n1.Cc1ccc(CC(=O)c2ccccc2)cc1Cc1nccc(-c2cccnc2)n1.Clc1ccc(Nc2nnc(Cc3ccncc3)c3ccccc23)cc1. The van der Waals surface area contributed by atoms with Crippen LogP contribution in [0.5, 0.6) is 0 Å². The molecule has 452 valence electrons. The van der Waals surface area contributed by atoms with E-state index in [9.17, 15) is 9.59 Å². The number of benzene rings is 6. The number of hydrogen-bond donors (Lipinski definition) is 1. The number of anilines is 2. The fourth-order valence-electron chi connectivity index (χ4n) is 10.7. The fourth-order valence-corrected chi connectivity index (χ4v) is 10.8. The molecule has 13 rings (SSSR count). The first-order valence-corrected chi connectivity index (χ1v) is 30.8. The number of aromatic nitrogens is 9. The molecule has 14 nitrogen and oxygen atoms in total. The van der Waals surface area contributed by atoms with E-state index in [4.69, 9.17) is 21.6 Å². The molecular weight excluding hydrogens is 1150 g/mol. The second-order valence-corrected chi connectivity index (χ2v) is 23.1. The molecule has 0 spiro atoms. The highest BCUT2D eigenvalue weighted by atomic mass is 35.5.